The van der Waals surface area contributed by atoms with E-state index < -0.39 is 5.91 Å². The summed E-state index contributed by atoms with van der Waals surface area (Å²) in [4.78, 5) is 25.1. The molecule has 0 spiro atoms. The number of primary amides is 1. The number of anilines is 2. The van der Waals surface area contributed by atoms with Crippen LogP contribution in [0.3, 0.4) is 0 Å². The van der Waals surface area contributed by atoms with E-state index in [0.29, 0.717) is 0 Å². The first-order chi connectivity index (χ1) is 12.7. The van der Waals surface area contributed by atoms with E-state index in [9.17, 15) is 4.79 Å². The van der Waals surface area contributed by atoms with Crippen molar-refractivity contribution in [2.75, 3.05) is 36.0 Å². The number of carbonyl (C=O) groups excluding carboxylic acids is 1. The largest absolute Gasteiger partial charge is 0.370 e. The fourth-order valence-corrected chi connectivity index (χ4v) is 3.45. The van der Waals surface area contributed by atoms with Crippen LogP contribution in [0.25, 0.3) is 10.9 Å². The highest BCUT2D eigenvalue weighted by Gasteiger charge is 2.18. The van der Waals surface area contributed by atoms with E-state index in [1.807, 2.05) is 18.3 Å². The molecule has 1 aromatic carbocycles. The molecule has 6 heteroatoms. The molecule has 3 aromatic rings. The number of hydrogen-bond donors (Lipinski definition) is 1. The number of hydrogen-bond acceptors (Lipinski definition) is 5. The molecule has 0 saturated carbocycles. The van der Waals surface area contributed by atoms with Gasteiger partial charge in [-0.15, -0.1) is 0 Å². The second kappa shape index (κ2) is 7.00. The molecule has 2 aromatic heterocycles. The first kappa shape index (κ1) is 16.3. The van der Waals surface area contributed by atoms with Gasteiger partial charge in [0.25, 0.3) is 5.91 Å². The first-order valence-corrected chi connectivity index (χ1v) is 8.82. The van der Waals surface area contributed by atoms with Gasteiger partial charge >= 0.3 is 0 Å². The lowest BCUT2D eigenvalue weighted by atomic mass is 10.2. The maximum Gasteiger partial charge on any atom is 0.267 e. The molecule has 2 N–H and O–H groups in total. The molecular formula is C20H21N5O. The average molecular weight is 347 g/mol. The lowest BCUT2D eigenvalue weighted by molar-refractivity contribution is 0.0996. The Morgan fingerprint density at radius 3 is 2.50 bits per heavy atom. The van der Waals surface area contributed by atoms with Crippen molar-refractivity contribution < 1.29 is 4.79 Å². The quantitative estimate of drug-likeness (QED) is 0.788. The van der Waals surface area contributed by atoms with Gasteiger partial charge in [-0.2, -0.15) is 0 Å². The average Bonchev–Trinajstić information content (AvgIpc) is 2.94. The van der Waals surface area contributed by atoms with Crippen LogP contribution in [0, 0.1) is 0 Å². The first-order valence-electron chi connectivity index (χ1n) is 8.82. The van der Waals surface area contributed by atoms with E-state index in [1.165, 1.54) is 5.69 Å². The highest BCUT2D eigenvalue weighted by molar-refractivity contribution is 5.96. The van der Waals surface area contributed by atoms with Crippen molar-refractivity contribution >= 4 is 28.2 Å². The molecule has 0 aliphatic carbocycles. The number of rotatable bonds is 3. The number of aromatic nitrogens is 2. The van der Waals surface area contributed by atoms with Crippen molar-refractivity contribution in [2.24, 2.45) is 5.73 Å². The minimum Gasteiger partial charge on any atom is -0.370 e. The Morgan fingerprint density at radius 1 is 0.923 bits per heavy atom. The summed E-state index contributed by atoms with van der Waals surface area (Å²) in [6.07, 6.45) is 4.64. The molecule has 0 radical (unpaired) electrons. The highest BCUT2D eigenvalue weighted by Crippen LogP contribution is 2.26. The lowest BCUT2D eigenvalue weighted by Gasteiger charge is -2.25. The maximum atomic E-state index is 11.5. The van der Waals surface area contributed by atoms with Crippen LogP contribution < -0.4 is 15.5 Å². The Balaban J connectivity index is 1.63. The molecule has 0 unspecified atom stereocenters. The molecular weight excluding hydrogens is 326 g/mol. The molecule has 0 bridgehead atoms. The Labute approximate surface area is 152 Å². The van der Waals surface area contributed by atoms with Gasteiger partial charge in [-0.25, -0.2) is 4.98 Å². The van der Waals surface area contributed by atoms with Crippen molar-refractivity contribution in [3.63, 3.8) is 0 Å². The second-order valence-corrected chi connectivity index (χ2v) is 6.45. The van der Waals surface area contributed by atoms with Crippen molar-refractivity contribution in [1.29, 1.82) is 0 Å². The highest BCUT2D eigenvalue weighted by atomic mass is 16.1. The summed E-state index contributed by atoms with van der Waals surface area (Å²) in [6.45, 7) is 3.74. The molecule has 3 heterocycles. The van der Waals surface area contributed by atoms with Gasteiger partial charge in [-0.05, 0) is 30.7 Å². The number of amides is 1. The maximum absolute atomic E-state index is 11.5. The number of nitrogens with zero attached hydrogens (tertiary/aromatic N) is 4. The van der Waals surface area contributed by atoms with E-state index in [-0.39, 0.29) is 5.69 Å². The zero-order valence-electron chi connectivity index (χ0n) is 14.5. The van der Waals surface area contributed by atoms with Crippen LogP contribution in [-0.2, 0) is 0 Å². The van der Waals surface area contributed by atoms with Crippen molar-refractivity contribution in [1.82, 2.24) is 9.97 Å². The molecule has 132 valence electrons. The monoisotopic (exact) mass is 347 g/mol. The third-order valence-corrected chi connectivity index (χ3v) is 4.79. The topological polar surface area (TPSA) is 75.4 Å². The summed E-state index contributed by atoms with van der Waals surface area (Å²) in [5.74, 6) is -0.513. The van der Waals surface area contributed by atoms with Crippen molar-refractivity contribution in [3.05, 3.63) is 60.6 Å². The van der Waals surface area contributed by atoms with Crippen LogP contribution in [-0.4, -0.2) is 42.1 Å². The van der Waals surface area contributed by atoms with Gasteiger partial charge in [0.05, 0.1) is 17.4 Å². The van der Waals surface area contributed by atoms with E-state index in [0.717, 1.165) is 49.2 Å². The second-order valence-electron chi connectivity index (χ2n) is 6.45. The number of carbonyl (C=O) groups is 1. The van der Waals surface area contributed by atoms with Crippen molar-refractivity contribution in [3.8, 4) is 0 Å². The number of benzene rings is 1. The summed E-state index contributed by atoms with van der Waals surface area (Å²) >= 11 is 0. The predicted molar refractivity (Wildman–Crippen MR) is 104 cm³/mol. The lowest BCUT2D eigenvalue weighted by Crippen LogP contribution is -2.31. The Morgan fingerprint density at radius 2 is 1.69 bits per heavy atom. The zero-order valence-corrected chi connectivity index (χ0v) is 14.5. The van der Waals surface area contributed by atoms with E-state index in [4.69, 9.17) is 5.73 Å². The number of pyridine rings is 2. The molecule has 1 aliphatic rings. The van der Waals surface area contributed by atoms with Crippen LogP contribution in [0.15, 0.2) is 54.9 Å². The van der Waals surface area contributed by atoms with E-state index >= 15 is 0 Å². The van der Waals surface area contributed by atoms with Crippen LogP contribution >= 0.6 is 0 Å². The predicted octanol–water partition coefficient (Wildman–Crippen LogP) is 2.45. The van der Waals surface area contributed by atoms with Gasteiger partial charge in [-0.3, -0.25) is 9.78 Å². The molecule has 6 nitrogen and oxygen atoms in total. The van der Waals surface area contributed by atoms with Gasteiger partial charge in [0, 0.05) is 43.4 Å². The Bertz CT molecular complexity index is 928. The third kappa shape index (κ3) is 3.18. The summed E-state index contributed by atoms with van der Waals surface area (Å²) in [5.41, 5.74) is 8.68. The molecule has 1 aliphatic heterocycles. The van der Waals surface area contributed by atoms with Crippen LogP contribution in [0.2, 0.25) is 0 Å². The molecule has 1 fully saturated rings. The van der Waals surface area contributed by atoms with E-state index in [2.05, 4.69) is 44.0 Å². The minimum atomic E-state index is -0.513. The van der Waals surface area contributed by atoms with Gasteiger partial charge in [0.15, 0.2) is 0 Å². The number of fused-ring (bicyclic) bond motifs is 1. The minimum absolute atomic E-state index is 0.283. The SMILES string of the molecule is NC(=O)c1ccc2cncc(N3CCCN(c4ccccc4)CC3)c2n1. The van der Waals surface area contributed by atoms with Gasteiger partial charge in [-0.1, -0.05) is 18.2 Å². The standard InChI is InChI=1S/C20H21N5O/c21-20(26)17-8-7-15-13-22-14-18(19(15)23-17)25-10-4-9-24(11-12-25)16-5-2-1-3-6-16/h1-3,5-8,13-14H,4,9-12H2,(H2,21,26). The summed E-state index contributed by atoms with van der Waals surface area (Å²) in [5, 5.41) is 0.914. The van der Waals surface area contributed by atoms with Gasteiger partial charge < -0.3 is 15.5 Å². The fraction of sp³-hybridized carbons (Fsp3) is 0.250. The van der Waals surface area contributed by atoms with Gasteiger partial charge in [0.2, 0.25) is 0 Å². The van der Waals surface area contributed by atoms with Crippen LogP contribution in [0.5, 0.6) is 0 Å². The normalized spacial score (nSPS) is 15.1. The zero-order chi connectivity index (χ0) is 17.9. The Kier molecular flexibility index (Phi) is 4.39. The number of nitrogens with two attached hydrogens (primary N) is 1. The molecule has 1 saturated heterocycles. The number of para-hydroxylation sites is 1. The Hall–Kier alpha value is -3.15. The molecule has 4 rings (SSSR count). The van der Waals surface area contributed by atoms with Crippen LogP contribution in [0.4, 0.5) is 11.4 Å². The third-order valence-electron chi connectivity index (χ3n) is 4.79. The summed E-state index contributed by atoms with van der Waals surface area (Å²) < 4.78 is 0. The fourth-order valence-electron chi connectivity index (χ4n) is 3.45. The van der Waals surface area contributed by atoms with E-state index in [1.54, 1.807) is 12.3 Å². The molecule has 0 atom stereocenters. The smallest absolute Gasteiger partial charge is 0.267 e. The molecule has 1 amide bonds. The summed E-state index contributed by atoms with van der Waals surface area (Å²) in [6, 6.07) is 14.0. The molecule has 26 heavy (non-hydrogen) atoms. The van der Waals surface area contributed by atoms with Crippen molar-refractivity contribution in [2.45, 2.75) is 6.42 Å². The van der Waals surface area contributed by atoms with Crippen LogP contribution in [0.1, 0.15) is 16.9 Å². The van der Waals surface area contributed by atoms with Gasteiger partial charge in [0.1, 0.15) is 5.69 Å². The summed E-state index contributed by atoms with van der Waals surface area (Å²) in [7, 11) is 0.